The molecule has 1 heterocycles. The third-order valence-corrected chi connectivity index (χ3v) is 5.69. The van der Waals surface area contributed by atoms with E-state index in [-0.39, 0.29) is 12.1 Å². The second kappa shape index (κ2) is 7.04. The van der Waals surface area contributed by atoms with Crippen LogP contribution in [0, 0.1) is 0 Å². The summed E-state index contributed by atoms with van der Waals surface area (Å²) < 4.78 is 5.40. The fraction of sp³-hybridized carbons (Fsp3) is 0.538. The molecule has 1 aromatic rings. The molecular weight excluding hydrogens is 266 g/mol. The lowest BCUT2D eigenvalue weighted by atomic mass is 9.97. The Labute approximate surface area is 115 Å². The molecule has 98 valence electrons. The molecule has 1 fully saturated rings. The van der Waals surface area contributed by atoms with E-state index in [0.29, 0.717) is 5.25 Å². The molecule has 0 saturated heterocycles. The summed E-state index contributed by atoms with van der Waals surface area (Å²) in [6, 6.07) is 5.90. The number of hydrogen-bond acceptors (Lipinski definition) is 5. The first kappa shape index (κ1) is 13.7. The summed E-state index contributed by atoms with van der Waals surface area (Å²) in [7, 11) is 3.45. The van der Waals surface area contributed by atoms with Crippen molar-refractivity contribution in [3.63, 3.8) is 0 Å². The Bertz CT molecular complexity index is 386. The van der Waals surface area contributed by atoms with Crippen LogP contribution in [-0.4, -0.2) is 22.3 Å². The number of ether oxygens (including phenoxy) is 1. The molecule has 2 atom stereocenters. The minimum Gasteiger partial charge on any atom is -0.461 e. The highest BCUT2D eigenvalue weighted by Crippen LogP contribution is 2.40. The van der Waals surface area contributed by atoms with Gasteiger partial charge in [-0.05, 0) is 42.2 Å². The Kier molecular flexibility index (Phi) is 5.38. The second-order valence-corrected chi connectivity index (χ2v) is 6.78. The van der Waals surface area contributed by atoms with E-state index in [0.717, 1.165) is 24.3 Å². The van der Waals surface area contributed by atoms with Gasteiger partial charge in [0.15, 0.2) is 0 Å². The van der Waals surface area contributed by atoms with E-state index >= 15 is 0 Å². The molecule has 2 unspecified atom stereocenters. The Morgan fingerprint density at radius 2 is 2.22 bits per heavy atom. The van der Waals surface area contributed by atoms with Gasteiger partial charge in [-0.25, -0.2) is 4.98 Å². The van der Waals surface area contributed by atoms with Crippen molar-refractivity contribution in [3.8, 4) is 0 Å². The van der Waals surface area contributed by atoms with Crippen LogP contribution in [0.1, 0.15) is 32.6 Å². The predicted octanol–water partition coefficient (Wildman–Crippen LogP) is 3.70. The van der Waals surface area contributed by atoms with Gasteiger partial charge in [0, 0.05) is 13.1 Å². The van der Waals surface area contributed by atoms with Gasteiger partial charge in [0.25, 0.3) is 0 Å². The number of nitrogens with zero attached hydrogens (tertiary/aromatic N) is 1. The van der Waals surface area contributed by atoms with Gasteiger partial charge in [0.2, 0.25) is 0 Å². The summed E-state index contributed by atoms with van der Waals surface area (Å²) in [6.07, 6.45) is 6.34. The summed E-state index contributed by atoms with van der Waals surface area (Å²) in [5.41, 5.74) is 0. The Morgan fingerprint density at radius 1 is 1.39 bits per heavy atom. The lowest BCUT2D eigenvalue weighted by Gasteiger charge is -2.29. The summed E-state index contributed by atoms with van der Waals surface area (Å²) >= 11 is 0. The van der Waals surface area contributed by atoms with Gasteiger partial charge in [-0.3, -0.25) is 4.79 Å². The number of rotatable bonds is 4. The van der Waals surface area contributed by atoms with Crippen molar-refractivity contribution < 1.29 is 9.53 Å². The second-order valence-electron chi connectivity index (χ2n) is 4.32. The van der Waals surface area contributed by atoms with Crippen LogP contribution >= 0.6 is 21.6 Å². The fourth-order valence-corrected chi connectivity index (χ4v) is 4.69. The molecule has 0 radical (unpaired) electrons. The molecule has 0 spiro atoms. The number of hydrogen-bond donors (Lipinski definition) is 0. The predicted molar refractivity (Wildman–Crippen MR) is 75.5 cm³/mol. The zero-order valence-electron chi connectivity index (χ0n) is 10.4. The van der Waals surface area contributed by atoms with Crippen molar-refractivity contribution in [1.82, 2.24) is 4.98 Å². The third-order valence-electron chi connectivity index (χ3n) is 2.85. The summed E-state index contributed by atoms with van der Waals surface area (Å²) in [4.78, 5) is 15.4. The van der Waals surface area contributed by atoms with Crippen LogP contribution in [0.4, 0.5) is 0 Å². The zero-order valence-corrected chi connectivity index (χ0v) is 12.0. The topological polar surface area (TPSA) is 39.2 Å². The fourth-order valence-electron chi connectivity index (χ4n) is 2.03. The lowest BCUT2D eigenvalue weighted by Crippen LogP contribution is -2.31. The zero-order chi connectivity index (χ0) is 12.8. The molecule has 5 heteroatoms. The highest BCUT2D eigenvalue weighted by atomic mass is 33.1. The lowest BCUT2D eigenvalue weighted by molar-refractivity contribution is -0.147. The Hall–Kier alpha value is -0.680. The van der Waals surface area contributed by atoms with E-state index in [9.17, 15) is 4.79 Å². The molecule has 0 amide bonds. The molecule has 2 rings (SSSR count). The van der Waals surface area contributed by atoms with Gasteiger partial charge in [-0.15, -0.1) is 0 Å². The van der Waals surface area contributed by atoms with Crippen molar-refractivity contribution in [3.05, 3.63) is 24.4 Å². The van der Waals surface area contributed by atoms with Crippen LogP contribution in [0.2, 0.25) is 0 Å². The quantitative estimate of drug-likeness (QED) is 0.622. The number of esters is 1. The molecule has 1 aromatic heterocycles. The first-order valence-corrected chi connectivity index (χ1v) is 8.38. The van der Waals surface area contributed by atoms with Gasteiger partial charge in [0.1, 0.15) is 11.1 Å². The smallest absolute Gasteiger partial charge is 0.302 e. The molecular formula is C13H17NO2S2. The van der Waals surface area contributed by atoms with E-state index in [1.165, 1.54) is 13.3 Å². The number of carbonyl (C=O) groups excluding carboxylic acids is 1. The first-order valence-electron chi connectivity index (χ1n) is 6.17. The maximum absolute atomic E-state index is 11.1. The molecule has 0 bridgehead atoms. The van der Waals surface area contributed by atoms with Gasteiger partial charge < -0.3 is 4.74 Å². The van der Waals surface area contributed by atoms with E-state index in [1.807, 2.05) is 18.2 Å². The number of aromatic nitrogens is 1. The van der Waals surface area contributed by atoms with Gasteiger partial charge >= 0.3 is 5.97 Å². The van der Waals surface area contributed by atoms with Gasteiger partial charge in [0.05, 0.1) is 5.25 Å². The van der Waals surface area contributed by atoms with Gasteiger partial charge in [-0.1, -0.05) is 23.3 Å². The molecule has 3 nitrogen and oxygen atoms in total. The monoisotopic (exact) mass is 283 g/mol. The SMILES string of the molecule is CC(=O)OC1CCCCC1SSc1ccccn1. The molecule has 1 aliphatic carbocycles. The summed E-state index contributed by atoms with van der Waals surface area (Å²) in [6.45, 7) is 1.49. The average Bonchev–Trinajstić information content (AvgIpc) is 2.38. The van der Waals surface area contributed by atoms with Crippen LogP contribution in [0.25, 0.3) is 0 Å². The summed E-state index contributed by atoms with van der Waals surface area (Å²) in [5.74, 6) is -0.171. The van der Waals surface area contributed by atoms with Crippen LogP contribution < -0.4 is 0 Å². The molecule has 0 aliphatic heterocycles. The molecule has 1 aliphatic rings. The maximum Gasteiger partial charge on any atom is 0.302 e. The highest BCUT2D eigenvalue weighted by molar-refractivity contribution is 8.76. The molecule has 0 N–H and O–H groups in total. The first-order chi connectivity index (χ1) is 8.75. The number of carbonyl (C=O) groups is 1. The molecule has 18 heavy (non-hydrogen) atoms. The molecule has 1 saturated carbocycles. The largest absolute Gasteiger partial charge is 0.461 e. The molecule has 0 aromatic carbocycles. The van der Waals surface area contributed by atoms with E-state index in [2.05, 4.69) is 4.98 Å². The Morgan fingerprint density at radius 3 is 2.94 bits per heavy atom. The minimum atomic E-state index is -0.171. The van der Waals surface area contributed by atoms with Crippen molar-refractivity contribution in [2.45, 2.75) is 49.0 Å². The Balaban J connectivity index is 1.87. The van der Waals surface area contributed by atoms with Crippen LogP contribution in [0.5, 0.6) is 0 Å². The minimum absolute atomic E-state index is 0.0671. The van der Waals surface area contributed by atoms with Gasteiger partial charge in [-0.2, -0.15) is 0 Å². The highest BCUT2D eigenvalue weighted by Gasteiger charge is 2.28. The van der Waals surface area contributed by atoms with E-state index in [1.54, 1.807) is 27.8 Å². The van der Waals surface area contributed by atoms with Crippen molar-refractivity contribution >= 4 is 27.6 Å². The standard InChI is InChI=1S/C13H17NO2S2/c1-10(15)16-11-6-2-3-7-12(11)17-18-13-8-4-5-9-14-13/h4-5,8-9,11-12H,2-3,6-7H2,1H3. The van der Waals surface area contributed by atoms with Crippen molar-refractivity contribution in [1.29, 1.82) is 0 Å². The normalized spacial score (nSPS) is 23.6. The van der Waals surface area contributed by atoms with E-state index in [4.69, 9.17) is 4.74 Å². The van der Waals surface area contributed by atoms with Crippen LogP contribution in [0.15, 0.2) is 29.4 Å². The summed E-state index contributed by atoms with van der Waals surface area (Å²) in [5, 5.41) is 1.39. The van der Waals surface area contributed by atoms with E-state index < -0.39 is 0 Å². The maximum atomic E-state index is 11.1. The van der Waals surface area contributed by atoms with Crippen molar-refractivity contribution in [2.24, 2.45) is 0 Å². The van der Waals surface area contributed by atoms with Crippen LogP contribution in [-0.2, 0) is 9.53 Å². The van der Waals surface area contributed by atoms with Crippen molar-refractivity contribution in [2.75, 3.05) is 0 Å². The number of pyridine rings is 1. The van der Waals surface area contributed by atoms with Crippen LogP contribution in [0.3, 0.4) is 0 Å². The third kappa shape index (κ3) is 4.21. The average molecular weight is 283 g/mol.